The zero-order valence-corrected chi connectivity index (χ0v) is 16.2. The molecule has 27 heavy (non-hydrogen) atoms. The van der Waals surface area contributed by atoms with E-state index in [1.54, 1.807) is 25.1 Å². The van der Waals surface area contributed by atoms with Gasteiger partial charge in [0.2, 0.25) is 0 Å². The van der Waals surface area contributed by atoms with E-state index in [1.807, 2.05) is 31.2 Å². The lowest BCUT2D eigenvalue weighted by atomic mass is 10.2. The highest BCUT2D eigenvalue weighted by molar-refractivity contribution is 5.55. The van der Waals surface area contributed by atoms with Gasteiger partial charge in [-0.25, -0.2) is 0 Å². The smallest absolute Gasteiger partial charge is 0.273 e. The molecule has 0 fully saturated rings. The Labute approximate surface area is 160 Å². The largest absolute Gasteiger partial charge is 0.380 e. The third kappa shape index (κ3) is 14.2. The molecule has 9 nitrogen and oxygen atoms in total. The summed E-state index contributed by atoms with van der Waals surface area (Å²) in [7, 11) is 0. The molecule has 0 heterocycles. The minimum absolute atomic E-state index is 0.0889. The minimum Gasteiger partial charge on any atom is -0.380 e. The second-order valence-corrected chi connectivity index (χ2v) is 5.76. The molecule has 0 aromatic carbocycles. The average molecular weight is 381 g/mol. The number of nitrogens with one attached hydrogen (secondary N) is 1. The van der Waals surface area contributed by atoms with Crippen molar-refractivity contribution in [3.8, 4) is 0 Å². The Morgan fingerprint density at radius 2 is 2.26 bits per heavy atom. The van der Waals surface area contributed by atoms with Gasteiger partial charge in [0.25, 0.3) is 6.20 Å². The fourth-order valence-corrected chi connectivity index (χ4v) is 2.00. The number of hydrogen-bond acceptors (Lipinski definition) is 7. The molecule has 0 saturated heterocycles. The Balaban J connectivity index is 4.97. The van der Waals surface area contributed by atoms with E-state index in [2.05, 4.69) is 16.9 Å². The Kier molecular flexibility index (Phi) is 13.1. The third-order valence-electron chi connectivity index (χ3n) is 3.10. The molecule has 152 valence electrons. The number of hydrogen-bond donors (Lipinski definition) is 3. The Bertz CT molecular complexity index is 572. The highest BCUT2D eigenvalue weighted by atomic mass is 16.6. The topological polar surface area (TPSA) is 126 Å². The quantitative estimate of drug-likeness (QED) is 0.0795. The normalized spacial score (nSPS) is 15.1. The summed E-state index contributed by atoms with van der Waals surface area (Å²) in [5.41, 5.74) is 6.55. The molecule has 0 aliphatic rings. The number of allylic oxidation sites excluding steroid dienone is 4. The van der Waals surface area contributed by atoms with Gasteiger partial charge in [0.1, 0.15) is 6.17 Å². The lowest BCUT2D eigenvalue weighted by molar-refractivity contribution is -0.403. The molecule has 9 heteroatoms. The molecule has 2 unspecified atom stereocenters. The third-order valence-corrected chi connectivity index (χ3v) is 3.10. The van der Waals surface area contributed by atoms with Crippen LogP contribution in [0.3, 0.4) is 0 Å². The molecule has 0 aromatic heterocycles. The minimum atomic E-state index is -0.951. The van der Waals surface area contributed by atoms with Crippen LogP contribution in [0.5, 0.6) is 0 Å². The molecule has 0 bridgehead atoms. The predicted octanol–water partition coefficient (Wildman–Crippen LogP) is 1.72. The second kappa shape index (κ2) is 14.5. The Morgan fingerprint density at radius 3 is 2.85 bits per heavy atom. The average Bonchev–Trinajstić information content (AvgIpc) is 2.56. The number of aliphatic hydroxyl groups excluding tert-OH is 1. The fourth-order valence-electron chi connectivity index (χ4n) is 2.00. The number of rotatable bonds is 14. The molecule has 4 N–H and O–H groups in total. The van der Waals surface area contributed by atoms with Crippen LogP contribution in [0.2, 0.25) is 0 Å². The highest BCUT2D eigenvalue weighted by Crippen LogP contribution is 2.02. The summed E-state index contributed by atoms with van der Waals surface area (Å²) >= 11 is 0. The van der Waals surface area contributed by atoms with Crippen molar-refractivity contribution < 1.29 is 14.8 Å². The van der Waals surface area contributed by atoms with E-state index in [1.165, 1.54) is 0 Å². The van der Waals surface area contributed by atoms with Gasteiger partial charge in [0.05, 0.1) is 17.8 Å². The number of nitrogens with zero attached hydrogens (tertiary/aromatic N) is 3. The first-order valence-corrected chi connectivity index (χ1v) is 8.66. The Hall–Kier alpha value is -2.65. The van der Waals surface area contributed by atoms with Crippen LogP contribution in [-0.2, 0) is 4.74 Å². The van der Waals surface area contributed by atoms with Crippen molar-refractivity contribution in [3.63, 3.8) is 0 Å². The van der Waals surface area contributed by atoms with E-state index in [-0.39, 0.29) is 12.4 Å². The van der Waals surface area contributed by atoms with Crippen molar-refractivity contribution in [1.29, 1.82) is 0 Å². The molecule has 0 amide bonds. The van der Waals surface area contributed by atoms with Crippen molar-refractivity contribution >= 4 is 6.34 Å². The van der Waals surface area contributed by atoms with E-state index in [4.69, 9.17) is 10.5 Å². The van der Waals surface area contributed by atoms with Crippen molar-refractivity contribution in [2.45, 2.75) is 39.6 Å². The molecule has 0 spiro atoms. The van der Waals surface area contributed by atoms with Crippen molar-refractivity contribution in [1.82, 2.24) is 10.2 Å². The molecule has 2 atom stereocenters. The summed E-state index contributed by atoms with van der Waals surface area (Å²) in [5, 5.41) is 23.0. The zero-order chi connectivity index (χ0) is 20.7. The van der Waals surface area contributed by atoms with Gasteiger partial charge < -0.3 is 25.8 Å². The van der Waals surface area contributed by atoms with Crippen molar-refractivity contribution in [2.75, 3.05) is 19.7 Å². The van der Waals surface area contributed by atoms with E-state index in [9.17, 15) is 15.2 Å². The summed E-state index contributed by atoms with van der Waals surface area (Å²) in [5.74, 6) is -0.0889. The second-order valence-electron chi connectivity index (χ2n) is 5.76. The molecule has 0 aromatic rings. The van der Waals surface area contributed by atoms with Crippen LogP contribution in [0.4, 0.5) is 0 Å². The fraction of sp³-hybridized carbons (Fsp3) is 0.500. The summed E-state index contributed by atoms with van der Waals surface area (Å²) in [6.45, 7) is 10.3. The molecule has 0 aliphatic heterocycles. The monoisotopic (exact) mass is 381 g/mol. The van der Waals surface area contributed by atoms with Gasteiger partial charge in [-0.2, -0.15) is 0 Å². The first-order chi connectivity index (χ1) is 12.8. The van der Waals surface area contributed by atoms with Crippen LogP contribution in [0.25, 0.3) is 0 Å². The van der Waals surface area contributed by atoms with Crippen LogP contribution in [0, 0.1) is 10.1 Å². The molecule has 0 aliphatic carbocycles. The van der Waals surface area contributed by atoms with Gasteiger partial charge in [0, 0.05) is 13.2 Å². The zero-order valence-electron chi connectivity index (χ0n) is 16.2. The van der Waals surface area contributed by atoms with Gasteiger partial charge in [-0.3, -0.25) is 15.1 Å². The van der Waals surface area contributed by atoms with Gasteiger partial charge in [-0.1, -0.05) is 29.9 Å². The highest BCUT2D eigenvalue weighted by Gasteiger charge is 2.10. The standard InChI is InChI=1S/C18H31N5O4/c1-5-7-8-9-10-15(3)11-22(13-18(24)27-6-2)14-20-16(4)21-17(19)12-23(25)26/h5,8-10,12,14,16,18,21,24H,1,6-7,11,13,19H2,2-4H3/b9-8?,15-10+,17-12-,20-14+. The van der Waals surface area contributed by atoms with Crippen molar-refractivity contribution in [3.05, 3.63) is 58.6 Å². The van der Waals surface area contributed by atoms with E-state index in [0.29, 0.717) is 19.4 Å². The molecular formula is C18H31N5O4. The molecule has 0 rings (SSSR count). The maximum Gasteiger partial charge on any atom is 0.273 e. The number of nitrogens with two attached hydrogens (primary N) is 1. The Morgan fingerprint density at radius 1 is 1.56 bits per heavy atom. The van der Waals surface area contributed by atoms with Crippen LogP contribution in [0.15, 0.2) is 53.5 Å². The molecular weight excluding hydrogens is 350 g/mol. The lowest BCUT2D eigenvalue weighted by Crippen LogP contribution is -2.36. The van der Waals surface area contributed by atoms with Gasteiger partial charge >= 0.3 is 0 Å². The van der Waals surface area contributed by atoms with E-state index in [0.717, 1.165) is 12.0 Å². The number of nitro groups is 1. The van der Waals surface area contributed by atoms with Crippen LogP contribution in [0.1, 0.15) is 27.2 Å². The molecule has 0 radical (unpaired) electrons. The summed E-state index contributed by atoms with van der Waals surface area (Å²) < 4.78 is 5.17. The van der Waals surface area contributed by atoms with Gasteiger partial charge in [-0.05, 0) is 27.2 Å². The first kappa shape index (κ1) is 24.4. The predicted molar refractivity (Wildman–Crippen MR) is 107 cm³/mol. The van der Waals surface area contributed by atoms with E-state index < -0.39 is 17.4 Å². The SMILES string of the molecule is C=CCC=C/C=C(\C)CN(/C=N/C(C)N/C(N)=C\[N+](=O)[O-])CC(O)OCC. The van der Waals surface area contributed by atoms with Crippen LogP contribution in [-0.4, -0.2) is 53.4 Å². The summed E-state index contributed by atoms with van der Waals surface area (Å²) in [4.78, 5) is 15.8. The number of aliphatic imine (C=N–C) groups is 1. The number of aliphatic hydroxyl groups is 1. The summed E-state index contributed by atoms with van der Waals surface area (Å²) in [6, 6.07) is 0. The van der Waals surface area contributed by atoms with Gasteiger partial charge in [-0.15, -0.1) is 6.58 Å². The summed E-state index contributed by atoms with van der Waals surface area (Å²) in [6.07, 6.45) is 9.30. The van der Waals surface area contributed by atoms with Crippen LogP contribution < -0.4 is 11.1 Å². The molecule has 0 saturated carbocycles. The maximum atomic E-state index is 10.4. The van der Waals surface area contributed by atoms with E-state index >= 15 is 0 Å². The number of ether oxygens (including phenoxy) is 1. The van der Waals surface area contributed by atoms with Gasteiger partial charge in [0.15, 0.2) is 12.1 Å². The lowest BCUT2D eigenvalue weighted by Gasteiger charge is -2.23. The maximum absolute atomic E-state index is 10.4. The van der Waals surface area contributed by atoms with Crippen LogP contribution >= 0.6 is 0 Å². The first-order valence-electron chi connectivity index (χ1n) is 8.66. The van der Waals surface area contributed by atoms with Crippen molar-refractivity contribution in [2.24, 2.45) is 10.7 Å².